The summed E-state index contributed by atoms with van der Waals surface area (Å²) < 4.78 is 34.6. The number of carbonyl (C=O) groups is 1. The van der Waals surface area contributed by atoms with Gasteiger partial charge in [0.15, 0.2) is 0 Å². The normalized spacial score (nSPS) is 13.5. The highest BCUT2D eigenvalue weighted by atomic mass is 35.5. The molecule has 7 nitrogen and oxygen atoms in total. The van der Waals surface area contributed by atoms with Crippen molar-refractivity contribution in [3.8, 4) is 5.75 Å². The van der Waals surface area contributed by atoms with E-state index in [4.69, 9.17) is 16.3 Å². The highest BCUT2D eigenvalue weighted by Crippen LogP contribution is 2.31. The van der Waals surface area contributed by atoms with E-state index in [0.717, 1.165) is 28.4 Å². The molecule has 1 aliphatic heterocycles. The van der Waals surface area contributed by atoms with E-state index in [1.807, 2.05) is 43.0 Å². The van der Waals surface area contributed by atoms with Gasteiger partial charge in [-0.05, 0) is 84.3 Å². The zero-order valence-electron chi connectivity index (χ0n) is 22.2. The molecule has 4 aromatic carbocycles. The summed E-state index contributed by atoms with van der Waals surface area (Å²) in [4.78, 5) is 12.8. The molecule has 0 spiro atoms. The van der Waals surface area contributed by atoms with Gasteiger partial charge in [0.2, 0.25) is 0 Å². The Balaban J connectivity index is 1.27. The van der Waals surface area contributed by atoms with Gasteiger partial charge < -0.3 is 4.74 Å². The second-order valence-corrected chi connectivity index (χ2v) is 12.9. The maximum absolute atomic E-state index is 13.7. The molecule has 0 bridgehead atoms. The first-order valence-corrected chi connectivity index (χ1v) is 15.9. The van der Waals surface area contributed by atoms with E-state index in [1.54, 1.807) is 79.0 Å². The topological polar surface area (TPSA) is 88.1 Å². The first-order chi connectivity index (χ1) is 19.8. The van der Waals surface area contributed by atoms with E-state index in [1.165, 1.54) is 4.31 Å². The van der Waals surface area contributed by atoms with Gasteiger partial charge in [0.05, 0.1) is 23.3 Å². The molecular weight excluding hydrogens is 578 g/mol. The molecule has 0 atom stereocenters. The summed E-state index contributed by atoms with van der Waals surface area (Å²) in [6.07, 6.45) is 1.84. The van der Waals surface area contributed by atoms with Gasteiger partial charge in [0, 0.05) is 22.1 Å². The number of rotatable bonds is 10. The number of ether oxygens (including phenoxy) is 1. The number of carbonyl (C=O) groups excluding carboxylic acids is 1. The lowest BCUT2D eigenvalue weighted by atomic mass is 10.1. The van der Waals surface area contributed by atoms with Crippen LogP contribution >= 0.6 is 23.4 Å². The number of nitrogens with zero attached hydrogens (tertiary/aromatic N) is 2. The fraction of sp³-hybridized carbons (Fsp3) is 0.161. The van der Waals surface area contributed by atoms with Crippen molar-refractivity contribution in [1.29, 1.82) is 0 Å². The number of aryl methyl sites for hydroxylation is 1. The number of sulfonamides is 1. The standard InChI is InChI=1S/C31H28ClN3O4S2/c1-22-7-14-26(32)17-30(22)35(41(37,38)29-5-3-2-4-6-29)19-24-8-12-25(13-9-24)31(36)34-33-18-23-10-15-27(16-11-23)39-28-20-40-21-28/h2-18,28H,19-21H2,1H3,(H,34,36)/b33-18-. The van der Waals surface area contributed by atoms with Crippen LogP contribution in [0.5, 0.6) is 5.75 Å². The molecule has 0 unspecified atom stereocenters. The number of nitrogens with one attached hydrogen (secondary N) is 1. The molecule has 0 aromatic heterocycles. The average molecular weight is 606 g/mol. The lowest BCUT2D eigenvalue weighted by Gasteiger charge is -2.26. The smallest absolute Gasteiger partial charge is 0.271 e. The third kappa shape index (κ3) is 7.11. The first kappa shape index (κ1) is 28.7. The SMILES string of the molecule is Cc1ccc(Cl)cc1N(Cc1ccc(C(=O)N/N=C\c2ccc(OC3CSC3)cc2)cc1)S(=O)(=O)c1ccccc1. The minimum atomic E-state index is -3.90. The fourth-order valence-electron chi connectivity index (χ4n) is 4.13. The molecule has 10 heteroatoms. The van der Waals surface area contributed by atoms with Crippen molar-refractivity contribution in [1.82, 2.24) is 5.43 Å². The summed E-state index contributed by atoms with van der Waals surface area (Å²) >= 11 is 8.11. The van der Waals surface area contributed by atoms with Crippen molar-refractivity contribution >= 4 is 51.2 Å². The monoisotopic (exact) mass is 605 g/mol. The fourth-order valence-corrected chi connectivity index (χ4v) is 6.40. The van der Waals surface area contributed by atoms with E-state index < -0.39 is 10.0 Å². The lowest BCUT2D eigenvalue weighted by molar-refractivity contribution is 0.0955. The summed E-state index contributed by atoms with van der Waals surface area (Å²) in [6, 6.07) is 27.7. The van der Waals surface area contributed by atoms with Crippen molar-refractivity contribution in [2.45, 2.75) is 24.5 Å². The number of benzene rings is 4. The quantitative estimate of drug-likeness (QED) is 0.169. The third-order valence-electron chi connectivity index (χ3n) is 6.48. The summed E-state index contributed by atoms with van der Waals surface area (Å²) in [6.45, 7) is 1.89. The molecule has 1 heterocycles. The van der Waals surface area contributed by atoms with E-state index in [9.17, 15) is 13.2 Å². The Morgan fingerprint density at radius 2 is 1.73 bits per heavy atom. The van der Waals surface area contributed by atoms with Crippen LogP contribution in [0.3, 0.4) is 0 Å². The number of thioether (sulfide) groups is 1. The first-order valence-electron chi connectivity index (χ1n) is 12.9. The lowest BCUT2D eigenvalue weighted by Crippen LogP contribution is -2.31. The van der Waals surface area contributed by atoms with Crippen LogP contribution in [-0.2, 0) is 16.6 Å². The highest BCUT2D eigenvalue weighted by molar-refractivity contribution is 8.00. The largest absolute Gasteiger partial charge is 0.489 e. The average Bonchev–Trinajstić information content (AvgIpc) is 2.96. The molecule has 1 amide bonds. The van der Waals surface area contributed by atoms with Gasteiger partial charge in [0.25, 0.3) is 15.9 Å². The third-order valence-corrected chi connectivity index (χ3v) is 9.71. The molecule has 1 N–H and O–H groups in total. The Morgan fingerprint density at radius 3 is 2.39 bits per heavy atom. The molecule has 1 fully saturated rings. The molecular formula is C31H28ClN3O4S2. The summed E-state index contributed by atoms with van der Waals surface area (Å²) in [5.74, 6) is 2.47. The minimum absolute atomic E-state index is 0.0533. The van der Waals surface area contributed by atoms with Crippen LogP contribution in [0.4, 0.5) is 5.69 Å². The van der Waals surface area contributed by atoms with Gasteiger partial charge in [-0.15, -0.1) is 0 Å². The zero-order valence-corrected chi connectivity index (χ0v) is 24.6. The molecule has 0 aliphatic carbocycles. The van der Waals surface area contributed by atoms with Crippen molar-refractivity contribution in [2.75, 3.05) is 15.8 Å². The molecule has 41 heavy (non-hydrogen) atoms. The Hall–Kier alpha value is -3.79. The number of hydrazone groups is 1. The van der Waals surface area contributed by atoms with Crippen LogP contribution in [-0.4, -0.2) is 38.1 Å². The van der Waals surface area contributed by atoms with Gasteiger partial charge >= 0.3 is 0 Å². The molecule has 1 aliphatic rings. The number of hydrogen-bond donors (Lipinski definition) is 1. The second kappa shape index (κ2) is 12.8. The van der Waals surface area contributed by atoms with E-state index in [0.29, 0.717) is 21.8 Å². The number of hydrogen-bond acceptors (Lipinski definition) is 6. The van der Waals surface area contributed by atoms with Crippen molar-refractivity contribution in [3.05, 3.63) is 124 Å². The van der Waals surface area contributed by atoms with Crippen molar-refractivity contribution < 1.29 is 17.9 Å². The van der Waals surface area contributed by atoms with Crippen LogP contribution in [0.2, 0.25) is 5.02 Å². The minimum Gasteiger partial charge on any atom is -0.489 e. The van der Waals surface area contributed by atoms with Crippen LogP contribution in [0, 0.1) is 6.92 Å². The van der Waals surface area contributed by atoms with Gasteiger partial charge in [0.1, 0.15) is 11.9 Å². The Labute approximate surface area is 249 Å². The summed E-state index contributed by atoms with van der Waals surface area (Å²) in [7, 11) is -3.90. The molecule has 0 radical (unpaired) electrons. The van der Waals surface area contributed by atoms with E-state index in [2.05, 4.69) is 10.5 Å². The second-order valence-electron chi connectivity index (χ2n) is 9.50. The van der Waals surface area contributed by atoms with Crippen LogP contribution in [0.15, 0.2) is 107 Å². The van der Waals surface area contributed by atoms with Gasteiger partial charge in [-0.3, -0.25) is 9.10 Å². The number of halogens is 1. The van der Waals surface area contributed by atoms with Gasteiger partial charge in [-0.2, -0.15) is 16.9 Å². The highest BCUT2D eigenvalue weighted by Gasteiger charge is 2.26. The number of anilines is 1. The van der Waals surface area contributed by atoms with Gasteiger partial charge in [-0.1, -0.05) is 48.0 Å². The molecule has 4 aromatic rings. The van der Waals surface area contributed by atoms with E-state index in [-0.39, 0.29) is 23.5 Å². The summed E-state index contributed by atoms with van der Waals surface area (Å²) in [5, 5.41) is 4.50. The van der Waals surface area contributed by atoms with Crippen LogP contribution in [0.1, 0.15) is 27.0 Å². The Morgan fingerprint density at radius 1 is 1.02 bits per heavy atom. The molecule has 1 saturated heterocycles. The maximum atomic E-state index is 13.7. The van der Waals surface area contributed by atoms with Crippen molar-refractivity contribution in [2.24, 2.45) is 5.10 Å². The number of amides is 1. The zero-order chi connectivity index (χ0) is 28.8. The molecule has 5 rings (SSSR count). The predicted octanol–water partition coefficient (Wildman–Crippen LogP) is 6.30. The maximum Gasteiger partial charge on any atom is 0.271 e. The Bertz CT molecular complexity index is 1640. The Kier molecular flexibility index (Phi) is 8.97. The van der Waals surface area contributed by atoms with E-state index >= 15 is 0 Å². The molecule has 210 valence electrons. The van der Waals surface area contributed by atoms with Gasteiger partial charge in [-0.25, -0.2) is 13.8 Å². The predicted molar refractivity (Wildman–Crippen MR) is 166 cm³/mol. The molecule has 0 saturated carbocycles. The van der Waals surface area contributed by atoms with Crippen LogP contribution < -0.4 is 14.5 Å². The summed E-state index contributed by atoms with van der Waals surface area (Å²) in [5.41, 5.74) is 5.70. The van der Waals surface area contributed by atoms with Crippen molar-refractivity contribution in [3.63, 3.8) is 0 Å². The van der Waals surface area contributed by atoms with Crippen LogP contribution in [0.25, 0.3) is 0 Å².